The molecule has 1 amide bonds. The molecular formula is C13H20FN3O. The molecule has 0 aliphatic rings. The largest absolute Gasteiger partial charge is 0.348 e. The van der Waals surface area contributed by atoms with E-state index in [1.807, 2.05) is 19.0 Å². The number of pyridine rings is 1. The fourth-order valence-corrected chi connectivity index (χ4v) is 1.58. The number of halogens is 1. The van der Waals surface area contributed by atoms with Crippen LogP contribution in [0.5, 0.6) is 0 Å². The van der Waals surface area contributed by atoms with E-state index < -0.39 is 5.95 Å². The van der Waals surface area contributed by atoms with Crippen molar-refractivity contribution in [3.63, 3.8) is 0 Å². The van der Waals surface area contributed by atoms with Gasteiger partial charge in [-0.2, -0.15) is 4.39 Å². The van der Waals surface area contributed by atoms with Crippen LogP contribution in [0.3, 0.4) is 0 Å². The molecule has 4 nitrogen and oxygen atoms in total. The second-order valence-corrected chi connectivity index (χ2v) is 4.96. The minimum atomic E-state index is -0.583. The van der Waals surface area contributed by atoms with Gasteiger partial charge in [0.2, 0.25) is 5.95 Å². The zero-order chi connectivity index (χ0) is 13.7. The van der Waals surface area contributed by atoms with Crippen LogP contribution < -0.4 is 5.32 Å². The van der Waals surface area contributed by atoms with Gasteiger partial charge in [-0.1, -0.05) is 13.8 Å². The normalized spacial score (nSPS) is 12.8. The number of likely N-dealkylation sites (N-methyl/N-ethyl adjacent to an activating group) is 1. The van der Waals surface area contributed by atoms with Gasteiger partial charge in [-0.3, -0.25) is 4.79 Å². The first kappa shape index (κ1) is 14.6. The molecule has 1 atom stereocenters. The molecule has 1 aromatic rings. The summed E-state index contributed by atoms with van der Waals surface area (Å²) >= 11 is 0. The lowest BCUT2D eigenvalue weighted by molar-refractivity contribution is 0.0916. The standard InChI is InChI=1S/C13H20FN3O/c1-9(2)11(8-17(3)4)16-13(18)10-5-6-12(14)15-7-10/h5-7,9,11H,8H2,1-4H3,(H,16,18). The molecule has 0 aliphatic carbocycles. The molecule has 0 aliphatic heterocycles. The summed E-state index contributed by atoms with van der Waals surface area (Å²) in [5, 5.41) is 2.94. The van der Waals surface area contributed by atoms with Gasteiger partial charge in [0.05, 0.1) is 5.56 Å². The quantitative estimate of drug-likeness (QED) is 0.810. The molecule has 0 saturated carbocycles. The van der Waals surface area contributed by atoms with E-state index in [1.54, 1.807) is 0 Å². The molecule has 0 radical (unpaired) electrons. The summed E-state index contributed by atoms with van der Waals surface area (Å²) in [5.41, 5.74) is 0.376. The Bertz CT molecular complexity index is 390. The van der Waals surface area contributed by atoms with Crippen molar-refractivity contribution in [2.24, 2.45) is 5.92 Å². The predicted octanol–water partition coefficient (Wildman–Crippen LogP) is 1.54. The Morgan fingerprint density at radius 3 is 2.56 bits per heavy atom. The van der Waals surface area contributed by atoms with Crippen LogP contribution in [-0.4, -0.2) is 42.5 Å². The van der Waals surface area contributed by atoms with E-state index in [0.717, 1.165) is 6.54 Å². The summed E-state index contributed by atoms with van der Waals surface area (Å²) in [4.78, 5) is 17.5. The van der Waals surface area contributed by atoms with E-state index in [0.29, 0.717) is 11.5 Å². The summed E-state index contributed by atoms with van der Waals surface area (Å²) in [5.74, 6) is -0.479. The van der Waals surface area contributed by atoms with Gasteiger partial charge in [0.1, 0.15) is 0 Å². The van der Waals surface area contributed by atoms with Crippen LogP contribution in [-0.2, 0) is 0 Å². The Hall–Kier alpha value is -1.49. The molecule has 0 fully saturated rings. The van der Waals surface area contributed by atoms with Crippen LogP contribution in [0.4, 0.5) is 4.39 Å². The van der Waals surface area contributed by atoms with Crippen LogP contribution in [0.25, 0.3) is 0 Å². The molecule has 1 aromatic heterocycles. The Balaban J connectivity index is 2.69. The molecule has 1 N–H and O–H groups in total. The average molecular weight is 253 g/mol. The highest BCUT2D eigenvalue weighted by molar-refractivity contribution is 5.94. The maximum Gasteiger partial charge on any atom is 0.253 e. The Morgan fingerprint density at radius 2 is 2.11 bits per heavy atom. The number of rotatable bonds is 5. The Kier molecular flexibility index (Phi) is 5.22. The van der Waals surface area contributed by atoms with Gasteiger partial charge in [0, 0.05) is 18.8 Å². The SMILES string of the molecule is CC(C)C(CN(C)C)NC(=O)c1ccc(F)nc1. The van der Waals surface area contributed by atoms with Crippen molar-refractivity contribution >= 4 is 5.91 Å². The van der Waals surface area contributed by atoms with Gasteiger partial charge in [-0.05, 0) is 32.1 Å². The molecule has 0 saturated heterocycles. The van der Waals surface area contributed by atoms with Crippen molar-refractivity contribution in [2.75, 3.05) is 20.6 Å². The number of carbonyl (C=O) groups is 1. The Labute approximate surface area is 107 Å². The third-order valence-electron chi connectivity index (χ3n) is 2.67. The highest BCUT2D eigenvalue weighted by Gasteiger charge is 2.18. The molecule has 0 aromatic carbocycles. The fraction of sp³-hybridized carbons (Fsp3) is 0.538. The monoisotopic (exact) mass is 253 g/mol. The molecule has 0 bridgehead atoms. The first-order chi connectivity index (χ1) is 8.40. The number of hydrogen-bond acceptors (Lipinski definition) is 3. The van der Waals surface area contributed by atoms with Gasteiger partial charge in [0.15, 0.2) is 0 Å². The number of hydrogen-bond donors (Lipinski definition) is 1. The Morgan fingerprint density at radius 1 is 1.44 bits per heavy atom. The van der Waals surface area contributed by atoms with Crippen molar-refractivity contribution in [1.82, 2.24) is 15.2 Å². The number of carbonyl (C=O) groups excluding carboxylic acids is 1. The van der Waals surface area contributed by atoms with E-state index in [9.17, 15) is 9.18 Å². The summed E-state index contributed by atoms with van der Waals surface area (Å²) in [6, 6.07) is 2.67. The first-order valence-corrected chi connectivity index (χ1v) is 5.97. The van der Waals surface area contributed by atoms with Gasteiger partial charge in [-0.25, -0.2) is 4.98 Å². The van der Waals surface area contributed by atoms with Gasteiger partial charge >= 0.3 is 0 Å². The molecular weight excluding hydrogens is 233 g/mol. The zero-order valence-corrected chi connectivity index (χ0v) is 11.3. The number of nitrogens with one attached hydrogen (secondary N) is 1. The average Bonchev–Trinajstić information content (AvgIpc) is 2.28. The van der Waals surface area contributed by atoms with Crippen LogP contribution in [0, 0.1) is 11.9 Å². The summed E-state index contributed by atoms with van der Waals surface area (Å²) < 4.78 is 12.7. The first-order valence-electron chi connectivity index (χ1n) is 5.97. The third-order valence-corrected chi connectivity index (χ3v) is 2.67. The lowest BCUT2D eigenvalue weighted by atomic mass is 10.0. The molecule has 18 heavy (non-hydrogen) atoms. The van der Waals surface area contributed by atoms with Crippen LogP contribution in [0.2, 0.25) is 0 Å². The number of nitrogens with zero attached hydrogens (tertiary/aromatic N) is 2. The van der Waals surface area contributed by atoms with Gasteiger partial charge in [-0.15, -0.1) is 0 Å². The predicted molar refractivity (Wildman–Crippen MR) is 68.8 cm³/mol. The van der Waals surface area contributed by atoms with Gasteiger partial charge < -0.3 is 10.2 Å². The van der Waals surface area contributed by atoms with E-state index in [4.69, 9.17) is 0 Å². The van der Waals surface area contributed by atoms with Gasteiger partial charge in [0.25, 0.3) is 5.91 Å². The van der Waals surface area contributed by atoms with Crippen molar-refractivity contribution in [2.45, 2.75) is 19.9 Å². The maximum absolute atomic E-state index is 12.7. The molecule has 1 unspecified atom stereocenters. The smallest absolute Gasteiger partial charge is 0.253 e. The topological polar surface area (TPSA) is 45.2 Å². The highest BCUT2D eigenvalue weighted by atomic mass is 19.1. The lowest BCUT2D eigenvalue weighted by Gasteiger charge is -2.25. The lowest BCUT2D eigenvalue weighted by Crippen LogP contribution is -2.45. The van der Waals surface area contributed by atoms with Crippen LogP contribution >= 0.6 is 0 Å². The van der Waals surface area contributed by atoms with Crippen LogP contribution in [0.15, 0.2) is 18.3 Å². The minimum Gasteiger partial charge on any atom is -0.348 e. The second kappa shape index (κ2) is 6.44. The summed E-state index contributed by atoms with van der Waals surface area (Å²) in [6.45, 7) is 4.87. The molecule has 100 valence electrons. The van der Waals surface area contributed by atoms with E-state index in [-0.39, 0.29) is 11.9 Å². The summed E-state index contributed by atoms with van der Waals surface area (Å²) in [7, 11) is 3.92. The maximum atomic E-state index is 12.7. The number of aromatic nitrogens is 1. The second-order valence-electron chi connectivity index (χ2n) is 4.96. The van der Waals surface area contributed by atoms with Crippen molar-refractivity contribution < 1.29 is 9.18 Å². The number of amides is 1. The molecule has 1 rings (SSSR count). The van der Waals surface area contributed by atoms with E-state index in [2.05, 4.69) is 24.1 Å². The van der Waals surface area contributed by atoms with E-state index >= 15 is 0 Å². The summed E-state index contributed by atoms with van der Waals surface area (Å²) in [6.07, 6.45) is 1.25. The minimum absolute atomic E-state index is 0.0533. The molecule has 1 heterocycles. The molecule has 5 heteroatoms. The van der Waals surface area contributed by atoms with Crippen LogP contribution in [0.1, 0.15) is 24.2 Å². The van der Waals surface area contributed by atoms with Crippen molar-refractivity contribution in [3.8, 4) is 0 Å². The fourth-order valence-electron chi connectivity index (χ4n) is 1.58. The molecule has 0 spiro atoms. The third kappa shape index (κ3) is 4.41. The van der Waals surface area contributed by atoms with Crippen molar-refractivity contribution in [3.05, 3.63) is 29.8 Å². The van der Waals surface area contributed by atoms with Crippen molar-refractivity contribution in [1.29, 1.82) is 0 Å². The zero-order valence-electron chi connectivity index (χ0n) is 11.3. The van der Waals surface area contributed by atoms with E-state index in [1.165, 1.54) is 18.3 Å². The highest BCUT2D eigenvalue weighted by Crippen LogP contribution is 2.05.